The third-order valence-corrected chi connectivity index (χ3v) is 0.382. The molecule has 6 heteroatoms. The minimum Gasteiger partial charge on any atom is -0.449 e. The standard InChI is InChI=1S/C4H6O2.C2HNO3/c1-3-6-4(2)5;3-1-6-2(4)5/h3H,1H2,2H3;(H,4,5). The lowest BCUT2D eigenvalue weighted by Gasteiger charge is -1.83. The van der Waals surface area contributed by atoms with Crippen LogP contribution >= 0.6 is 0 Å². The molecule has 1 N–H and O–H groups in total. The van der Waals surface area contributed by atoms with Crippen LogP contribution in [0.1, 0.15) is 6.92 Å². The van der Waals surface area contributed by atoms with Crippen LogP contribution in [-0.2, 0) is 14.3 Å². The van der Waals surface area contributed by atoms with Gasteiger partial charge in [-0.2, -0.15) is 0 Å². The number of rotatable bonds is 1. The zero-order chi connectivity index (χ0) is 9.98. The first-order chi connectivity index (χ1) is 5.54. The Kier molecular flexibility index (Phi) is 9.44. The zero-order valence-electron chi connectivity index (χ0n) is 6.31. The van der Waals surface area contributed by atoms with Crippen molar-refractivity contribution in [3.05, 3.63) is 12.8 Å². The Balaban J connectivity index is 0. The number of nitriles is 1. The third kappa shape index (κ3) is 24.6. The lowest BCUT2D eigenvalue weighted by atomic mass is 10.8. The number of esters is 1. The van der Waals surface area contributed by atoms with E-state index >= 15 is 0 Å². The summed E-state index contributed by atoms with van der Waals surface area (Å²) >= 11 is 0. The van der Waals surface area contributed by atoms with Gasteiger partial charge in [-0.15, -0.1) is 5.26 Å². The van der Waals surface area contributed by atoms with Crippen LogP contribution in [0.5, 0.6) is 0 Å². The highest BCUT2D eigenvalue weighted by Gasteiger charge is 1.87. The normalized spacial score (nSPS) is 6.33. The molecule has 66 valence electrons. The number of ether oxygens (including phenoxy) is 2. The van der Waals surface area contributed by atoms with Gasteiger partial charge in [0.25, 0.3) is 6.26 Å². The lowest BCUT2D eigenvalue weighted by molar-refractivity contribution is -0.135. The van der Waals surface area contributed by atoms with E-state index in [1.165, 1.54) is 6.92 Å². The Morgan fingerprint density at radius 2 is 2.17 bits per heavy atom. The Bertz CT molecular complexity index is 204. The molecule has 0 bridgehead atoms. The van der Waals surface area contributed by atoms with E-state index in [2.05, 4.69) is 16.1 Å². The van der Waals surface area contributed by atoms with Crippen molar-refractivity contribution in [3.8, 4) is 6.26 Å². The van der Waals surface area contributed by atoms with Crippen molar-refractivity contribution in [3.63, 3.8) is 0 Å². The van der Waals surface area contributed by atoms with Crippen LogP contribution in [0.15, 0.2) is 12.8 Å². The number of carbonyl (C=O) groups is 2. The van der Waals surface area contributed by atoms with E-state index in [-0.39, 0.29) is 5.97 Å². The molecule has 0 spiro atoms. The van der Waals surface area contributed by atoms with E-state index in [1.54, 1.807) is 0 Å². The predicted molar refractivity (Wildman–Crippen MR) is 36.7 cm³/mol. The monoisotopic (exact) mass is 173 g/mol. The Labute approximate surface area is 68.6 Å². The van der Waals surface area contributed by atoms with Crippen molar-refractivity contribution in [1.82, 2.24) is 0 Å². The van der Waals surface area contributed by atoms with Gasteiger partial charge in [0.15, 0.2) is 0 Å². The first-order valence-corrected chi connectivity index (χ1v) is 2.61. The molecule has 0 radical (unpaired) electrons. The molecule has 0 heterocycles. The molecule has 12 heavy (non-hydrogen) atoms. The van der Waals surface area contributed by atoms with Crippen molar-refractivity contribution >= 4 is 12.1 Å². The lowest BCUT2D eigenvalue weighted by Crippen LogP contribution is -1.90. The van der Waals surface area contributed by atoms with Gasteiger partial charge < -0.3 is 14.6 Å². The molecule has 0 saturated heterocycles. The van der Waals surface area contributed by atoms with Gasteiger partial charge in [0, 0.05) is 6.92 Å². The summed E-state index contributed by atoms with van der Waals surface area (Å²) in [6, 6.07) is 0. The van der Waals surface area contributed by atoms with Crippen LogP contribution in [0.4, 0.5) is 4.79 Å². The molecule has 0 aromatic rings. The number of carboxylic acid groups (broad SMARTS) is 1. The van der Waals surface area contributed by atoms with E-state index in [0.29, 0.717) is 0 Å². The number of carbonyl (C=O) groups excluding carboxylic acids is 1. The van der Waals surface area contributed by atoms with Crippen molar-refractivity contribution in [2.45, 2.75) is 6.92 Å². The Hall–Kier alpha value is -2.03. The predicted octanol–water partition coefficient (Wildman–Crippen LogP) is 0.855. The minimum atomic E-state index is -1.57. The van der Waals surface area contributed by atoms with E-state index in [1.807, 2.05) is 0 Å². The topological polar surface area (TPSA) is 96.6 Å². The summed E-state index contributed by atoms with van der Waals surface area (Å²) < 4.78 is 7.43. The van der Waals surface area contributed by atoms with Crippen molar-refractivity contribution < 1.29 is 24.2 Å². The van der Waals surface area contributed by atoms with Crippen LogP contribution in [0.2, 0.25) is 0 Å². The second-order valence-corrected chi connectivity index (χ2v) is 1.24. The SMILES string of the molecule is C=COC(C)=O.N#COC(=O)O. The fourth-order valence-electron chi connectivity index (χ4n) is 0.156. The molecule has 0 unspecified atom stereocenters. The van der Waals surface area contributed by atoms with Crippen LogP contribution < -0.4 is 0 Å². The van der Waals surface area contributed by atoms with Gasteiger partial charge in [-0.1, -0.05) is 6.58 Å². The van der Waals surface area contributed by atoms with Crippen molar-refractivity contribution in [1.29, 1.82) is 5.26 Å². The van der Waals surface area contributed by atoms with E-state index in [0.717, 1.165) is 12.5 Å². The number of nitrogens with zero attached hydrogens (tertiary/aromatic N) is 1. The molecule has 0 aromatic carbocycles. The summed E-state index contributed by atoms with van der Waals surface area (Å²) in [5.74, 6) is -0.329. The van der Waals surface area contributed by atoms with Crippen LogP contribution in [0.3, 0.4) is 0 Å². The molecule has 0 saturated carbocycles. The fourth-order valence-corrected chi connectivity index (χ4v) is 0.156. The van der Waals surface area contributed by atoms with Crippen molar-refractivity contribution in [2.24, 2.45) is 0 Å². The summed E-state index contributed by atoms with van der Waals surface area (Å²) in [5, 5.41) is 14.9. The maximum Gasteiger partial charge on any atom is 0.521 e. The van der Waals surface area contributed by atoms with Gasteiger partial charge in [0.1, 0.15) is 0 Å². The Morgan fingerprint density at radius 1 is 1.67 bits per heavy atom. The van der Waals surface area contributed by atoms with Crippen LogP contribution in [0.25, 0.3) is 0 Å². The first kappa shape index (κ1) is 12.6. The number of hydrogen-bond donors (Lipinski definition) is 1. The quantitative estimate of drug-likeness (QED) is 0.358. The third-order valence-electron chi connectivity index (χ3n) is 0.382. The van der Waals surface area contributed by atoms with Crippen molar-refractivity contribution in [2.75, 3.05) is 0 Å². The van der Waals surface area contributed by atoms with Gasteiger partial charge in [0.2, 0.25) is 0 Å². The largest absolute Gasteiger partial charge is 0.521 e. The first-order valence-electron chi connectivity index (χ1n) is 2.61. The molecule has 0 amide bonds. The van der Waals surface area contributed by atoms with Gasteiger partial charge in [-0.05, 0) is 0 Å². The maximum absolute atomic E-state index is 9.75. The number of hydrogen-bond acceptors (Lipinski definition) is 5. The van der Waals surface area contributed by atoms with Gasteiger partial charge in [-0.3, -0.25) is 4.79 Å². The average Bonchev–Trinajstić information content (AvgIpc) is 1.87. The molecule has 0 rings (SSSR count). The summed E-state index contributed by atoms with van der Waals surface area (Å²) in [6.07, 6.45) is 0.495. The second-order valence-electron chi connectivity index (χ2n) is 1.24. The van der Waals surface area contributed by atoms with Gasteiger partial charge in [0.05, 0.1) is 6.26 Å². The highest BCUT2D eigenvalue weighted by molar-refractivity contribution is 5.66. The van der Waals surface area contributed by atoms with Gasteiger partial charge in [-0.25, -0.2) is 4.79 Å². The van der Waals surface area contributed by atoms with E-state index in [9.17, 15) is 4.79 Å². The smallest absolute Gasteiger partial charge is 0.449 e. The van der Waals surface area contributed by atoms with E-state index < -0.39 is 6.16 Å². The molecule has 0 aliphatic carbocycles. The molecular weight excluding hydrogens is 166 g/mol. The molecule has 0 fully saturated rings. The summed E-state index contributed by atoms with van der Waals surface area (Å²) in [5.41, 5.74) is 0. The zero-order valence-corrected chi connectivity index (χ0v) is 6.31. The summed E-state index contributed by atoms with van der Waals surface area (Å²) in [4.78, 5) is 18.9. The summed E-state index contributed by atoms with van der Waals surface area (Å²) in [6.45, 7) is 4.48. The molecule has 0 aromatic heterocycles. The second kappa shape index (κ2) is 8.97. The molecule has 0 aliphatic rings. The molecule has 0 atom stereocenters. The molecule has 0 aliphatic heterocycles. The average molecular weight is 173 g/mol. The maximum atomic E-state index is 9.75. The summed E-state index contributed by atoms with van der Waals surface area (Å²) in [7, 11) is 0. The fraction of sp³-hybridized carbons (Fsp3) is 0.167. The highest BCUT2D eigenvalue weighted by atomic mass is 16.7. The van der Waals surface area contributed by atoms with Crippen LogP contribution in [0, 0.1) is 11.5 Å². The molecule has 6 nitrogen and oxygen atoms in total. The van der Waals surface area contributed by atoms with Crippen LogP contribution in [-0.4, -0.2) is 17.2 Å². The van der Waals surface area contributed by atoms with E-state index in [4.69, 9.17) is 15.2 Å². The van der Waals surface area contributed by atoms with Gasteiger partial charge >= 0.3 is 12.1 Å². The Morgan fingerprint density at radius 3 is 2.17 bits per heavy atom. The molecular formula is C6H7NO5. The highest BCUT2D eigenvalue weighted by Crippen LogP contribution is 1.70. The minimum absolute atomic E-state index is 0.329.